The van der Waals surface area contributed by atoms with E-state index in [9.17, 15) is 10.1 Å². The largest absolute Gasteiger partial charge is 0.325 e. The first-order valence-electron chi connectivity index (χ1n) is 12.1. The van der Waals surface area contributed by atoms with Crippen LogP contribution in [0.5, 0.6) is 0 Å². The first-order valence-corrected chi connectivity index (χ1v) is 13.0. The molecule has 1 N–H and O–H groups in total. The van der Waals surface area contributed by atoms with Crippen LogP contribution < -0.4 is 5.32 Å². The Kier molecular flexibility index (Phi) is 6.83. The van der Waals surface area contributed by atoms with Crippen LogP contribution in [-0.2, 0) is 17.6 Å². The summed E-state index contributed by atoms with van der Waals surface area (Å²) >= 11 is 1.40. The first-order chi connectivity index (χ1) is 17.2. The molecule has 1 heterocycles. The summed E-state index contributed by atoms with van der Waals surface area (Å²) in [6.45, 7) is 2.00. The van der Waals surface area contributed by atoms with Crippen molar-refractivity contribution < 1.29 is 4.79 Å². The van der Waals surface area contributed by atoms with E-state index >= 15 is 0 Å². The predicted octanol–water partition coefficient (Wildman–Crippen LogP) is 6.89. The van der Waals surface area contributed by atoms with Gasteiger partial charge in [0, 0.05) is 16.8 Å². The second-order valence-electron chi connectivity index (χ2n) is 8.94. The number of nitrogens with one attached hydrogen (secondary N) is 1. The highest BCUT2D eigenvalue weighted by Gasteiger charge is 2.26. The summed E-state index contributed by atoms with van der Waals surface area (Å²) < 4.78 is 0. The molecule has 174 valence electrons. The molecule has 0 bridgehead atoms. The SMILES string of the molecule is CCC(Sc1nc2c(cc1C#N)CC(c1ccccc1)CC2)C(=O)Nc1cccc2ccccc12. The molecule has 0 fully saturated rings. The fraction of sp³-hybridized carbons (Fsp3) is 0.233. The van der Waals surface area contributed by atoms with Gasteiger partial charge in [0.1, 0.15) is 11.1 Å². The van der Waals surface area contributed by atoms with Crippen LogP contribution in [-0.4, -0.2) is 16.1 Å². The van der Waals surface area contributed by atoms with Crippen molar-refractivity contribution in [3.05, 3.63) is 101 Å². The summed E-state index contributed by atoms with van der Waals surface area (Å²) in [5, 5.41) is 15.4. The lowest BCUT2D eigenvalue weighted by Crippen LogP contribution is -2.25. The van der Waals surface area contributed by atoms with Crippen LogP contribution in [0.1, 0.15) is 48.1 Å². The van der Waals surface area contributed by atoms with Crippen molar-refractivity contribution in [2.75, 3.05) is 5.32 Å². The molecular weight excluding hydrogens is 450 g/mol. The zero-order chi connectivity index (χ0) is 24.2. The van der Waals surface area contributed by atoms with Crippen molar-refractivity contribution >= 4 is 34.1 Å². The zero-order valence-corrected chi connectivity index (χ0v) is 20.5. The molecule has 0 saturated heterocycles. The van der Waals surface area contributed by atoms with Crippen molar-refractivity contribution in [3.63, 3.8) is 0 Å². The van der Waals surface area contributed by atoms with Crippen LogP contribution in [0.3, 0.4) is 0 Å². The number of anilines is 1. The van der Waals surface area contributed by atoms with Gasteiger partial charge in [0.05, 0.1) is 10.8 Å². The highest BCUT2D eigenvalue weighted by atomic mass is 32.2. The van der Waals surface area contributed by atoms with Crippen LogP contribution in [0.15, 0.2) is 83.9 Å². The molecule has 0 spiro atoms. The van der Waals surface area contributed by atoms with Gasteiger partial charge in [-0.15, -0.1) is 0 Å². The van der Waals surface area contributed by atoms with Gasteiger partial charge in [-0.1, -0.05) is 85.4 Å². The number of aromatic nitrogens is 1. The second kappa shape index (κ2) is 10.3. The van der Waals surface area contributed by atoms with Crippen molar-refractivity contribution in [2.45, 2.75) is 48.8 Å². The number of aryl methyl sites for hydroxylation is 1. The molecule has 5 rings (SSSR count). The Labute approximate surface area is 210 Å². The molecular formula is C30H27N3OS. The van der Waals surface area contributed by atoms with Gasteiger partial charge in [0.15, 0.2) is 0 Å². The number of fused-ring (bicyclic) bond motifs is 2. The van der Waals surface area contributed by atoms with Crippen LogP contribution in [0.4, 0.5) is 5.69 Å². The summed E-state index contributed by atoms with van der Waals surface area (Å²) in [6, 6.07) is 28.8. The predicted molar refractivity (Wildman–Crippen MR) is 143 cm³/mol. The Hall–Kier alpha value is -3.62. The molecule has 2 unspecified atom stereocenters. The van der Waals surface area contributed by atoms with E-state index in [1.807, 2.05) is 61.5 Å². The molecule has 3 aromatic carbocycles. The molecule has 35 heavy (non-hydrogen) atoms. The van der Waals surface area contributed by atoms with Gasteiger partial charge in [-0.3, -0.25) is 4.79 Å². The number of pyridine rings is 1. The average Bonchev–Trinajstić information content (AvgIpc) is 2.91. The molecule has 1 aromatic heterocycles. The second-order valence-corrected chi connectivity index (χ2v) is 10.1. The van der Waals surface area contributed by atoms with Crippen molar-refractivity contribution in [1.29, 1.82) is 5.26 Å². The smallest absolute Gasteiger partial charge is 0.237 e. The third-order valence-electron chi connectivity index (χ3n) is 6.71. The van der Waals surface area contributed by atoms with Gasteiger partial charge in [0.2, 0.25) is 5.91 Å². The third kappa shape index (κ3) is 4.94. The van der Waals surface area contributed by atoms with Crippen LogP contribution >= 0.6 is 11.8 Å². The number of rotatable bonds is 6. The van der Waals surface area contributed by atoms with Crippen LogP contribution in [0, 0.1) is 11.3 Å². The molecule has 4 nitrogen and oxygen atoms in total. The lowest BCUT2D eigenvalue weighted by Gasteiger charge is -2.25. The summed E-state index contributed by atoms with van der Waals surface area (Å²) in [5.41, 5.74) is 4.91. The number of nitriles is 1. The number of thioether (sulfide) groups is 1. The lowest BCUT2D eigenvalue weighted by molar-refractivity contribution is -0.115. The fourth-order valence-electron chi connectivity index (χ4n) is 4.83. The van der Waals surface area contributed by atoms with Gasteiger partial charge in [-0.05, 0) is 60.2 Å². The summed E-state index contributed by atoms with van der Waals surface area (Å²) in [6.07, 6.45) is 3.46. The lowest BCUT2D eigenvalue weighted by atomic mass is 9.82. The maximum absolute atomic E-state index is 13.2. The Morgan fingerprint density at radius 2 is 1.89 bits per heavy atom. The zero-order valence-electron chi connectivity index (χ0n) is 19.7. The first kappa shape index (κ1) is 23.1. The summed E-state index contributed by atoms with van der Waals surface area (Å²) in [5.74, 6) is 0.381. The molecule has 4 aromatic rings. The van der Waals surface area contributed by atoms with E-state index in [1.54, 1.807) is 0 Å². The molecule has 5 heteroatoms. The maximum atomic E-state index is 13.2. The minimum Gasteiger partial charge on any atom is -0.325 e. The van der Waals surface area contributed by atoms with Gasteiger partial charge in [0.25, 0.3) is 0 Å². The average molecular weight is 478 g/mol. The van der Waals surface area contributed by atoms with E-state index < -0.39 is 0 Å². The fourth-order valence-corrected chi connectivity index (χ4v) is 5.83. The number of carbonyl (C=O) groups is 1. The van der Waals surface area contributed by atoms with Crippen molar-refractivity contribution in [1.82, 2.24) is 4.98 Å². The maximum Gasteiger partial charge on any atom is 0.237 e. The van der Waals surface area contributed by atoms with E-state index in [0.717, 1.165) is 47.0 Å². The number of hydrogen-bond donors (Lipinski definition) is 1. The van der Waals surface area contributed by atoms with Crippen molar-refractivity contribution in [3.8, 4) is 6.07 Å². The molecule has 1 amide bonds. The molecule has 2 atom stereocenters. The van der Waals surface area contributed by atoms with Crippen LogP contribution in [0.25, 0.3) is 10.8 Å². The summed E-state index contributed by atoms with van der Waals surface area (Å²) in [7, 11) is 0. The Bertz CT molecular complexity index is 1410. The monoisotopic (exact) mass is 477 g/mol. The molecule has 1 aliphatic rings. The van der Waals surface area contributed by atoms with E-state index in [-0.39, 0.29) is 11.2 Å². The normalized spacial score (nSPS) is 15.7. The number of hydrogen-bond acceptors (Lipinski definition) is 4. The summed E-state index contributed by atoms with van der Waals surface area (Å²) in [4.78, 5) is 18.1. The third-order valence-corrected chi connectivity index (χ3v) is 8.07. The van der Waals surface area contributed by atoms with Gasteiger partial charge in [-0.2, -0.15) is 5.26 Å². The quantitative estimate of drug-likeness (QED) is 0.307. The van der Waals surface area contributed by atoms with Crippen molar-refractivity contribution in [2.24, 2.45) is 0 Å². The minimum absolute atomic E-state index is 0.0681. The number of benzene rings is 3. The number of nitrogens with zero attached hydrogens (tertiary/aromatic N) is 2. The van der Waals surface area contributed by atoms with E-state index in [4.69, 9.17) is 4.98 Å². The molecule has 0 radical (unpaired) electrons. The highest BCUT2D eigenvalue weighted by molar-refractivity contribution is 8.00. The highest BCUT2D eigenvalue weighted by Crippen LogP contribution is 2.36. The van der Waals surface area contributed by atoms with E-state index in [0.29, 0.717) is 22.9 Å². The minimum atomic E-state index is -0.340. The standard InChI is InChI=1S/C30H27N3OS/c1-2-28(29(34)32-27-14-8-12-21-11-6-7-13-25(21)27)35-30-24(19-31)18-23-17-22(15-16-26(23)33-30)20-9-4-3-5-10-20/h3-14,18,22,28H,2,15-17H2,1H3,(H,32,34). The van der Waals surface area contributed by atoms with Gasteiger partial charge >= 0.3 is 0 Å². The topological polar surface area (TPSA) is 65.8 Å². The Morgan fingerprint density at radius 1 is 1.11 bits per heavy atom. The Balaban J connectivity index is 1.36. The van der Waals surface area contributed by atoms with Gasteiger partial charge < -0.3 is 5.32 Å². The number of carbonyl (C=O) groups excluding carboxylic acids is 1. The van der Waals surface area contributed by atoms with Crippen LogP contribution in [0.2, 0.25) is 0 Å². The molecule has 1 aliphatic carbocycles. The van der Waals surface area contributed by atoms with E-state index in [1.165, 1.54) is 17.3 Å². The molecule has 0 saturated carbocycles. The van der Waals surface area contributed by atoms with E-state index in [2.05, 4.69) is 35.7 Å². The van der Waals surface area contributed by atoms with Gasteiger partial charge in [-0.25, -0.2) is 4.98 Å². The Morgan fingerprint density at radius 3 is 2.69 bits per heavy atom. The number of amides is 1. The molecule has 0 aliphatic heterocycles.